The zero-order valence-corrected chi connectivity index (χ0v) is 24.5. The topological polar surface area (TPSA) is 192 Å². The van der Waals surface area contributed by atoms with Crippen molar-refractivity contribution >= 4 is 30.1 Å². The van der Waals surface area contributed by atoms with E-state index in [1.807, 2.05) is 48.5 Å². The van der Waals surface area contributed by atoms with Gasteiger partial charge in [-0.05, 0) is 43.4 Å². The number of hydrogen-bond acceptors (Lipinski definition) is 8. The van der Waals surface area contributed by atoms with Crippen molar-refractivity contribution in [3.63, 3.8) is 0 Å². The Morgan fingerprint density at radius 2 is 1.16 bits per heavy atom. The smallest absolute Gasteiger partial charge is 0.416 e. The molecule has 12 nitrogen and oxygen atoms in total. The summed E-state index contributed by atoms with van der Waals surface area (Å²) in [4.78, 5) is 46.4. The van der Waals surface area contributed by atoms with E-state index in [4.69, 9.17) is 30.8 Å². The summed E-state index contributed by atoms with van der Waals surface area (Å²) in [5.74, 6) is -1.99. The minimum absolute atomic E-state index is 0.0283. The highest BCUT2D eigenvalue weighted by Gasteiger charge is 2.22. The Labute approximate surface area is 252 Å². The number of guanidine groups is 1. The normalized spacial score (nSPS) is 10.1. The summed E-state index contributed by atoms with van der Waals surface area (Å²) in [6.45, 7) is 0.911. The Morgan fingerprint density at radius 3 is 1.65 bits per heavy atom. The first-order valence-corrected chi connectivity index (χ1v) is 14.4. The fourth-order valence-corrected chi connectivity index (χ4v) is 3.69. The Morgan fingerprint density at radius 1 is 0.698 bits per heavy atom. The number of nitrogens with two attached hydrogens (primary N) is 1. The van der Waals surface area contributed by atoms with E-state index in [1.165, 1.54) is 0 Å². The highest BCUT2D eigenvalue weighted by molar-refractivity contribution is 5.99. The zero-order valence-electron chi connectivity index (χ0n) is 24.5. The van der Waals surface area contributed by atoms with Gasteiger partial charge in [-0.15, -0.1) is 0 Å². The van der Waals surface area contributed by atoms with E-state index in [0.29, 0.717) is 38.6 Å². The first-order chi connectivity index (χ1) is 20.7. The predicted octanol–water partition coefficient (Wildman–Crippen LogP) is 5.50. The predicted molar refractivity (Wildman–Crippen MR) is 161 cm³/mol. The number of carbonyl (C=O) groups is 4. The molecule has 0 heterocycles. The van der Waals surface area contributed by atoms with Gasteiger partial charge in [0.25, 0.3) is 0 Å². The van der Waals surface area contributed by atoms with Gasteiger partial charge >= 0.3 is 24.1 Å². The third-order valence-electron chi connectivity index (χ3n) is 6.00. The molecule has 0 saturated carbocycles. The first kappa shape index (κ1) is 36.6. The molecule has 0 aromatic heterocycles. The van der Waals surface area contributed by atoms with Gasteiger partial charge < -0.3 is 25.4 Å². The molecule has 43 heavy (non-hydrogen) atoms. The summed E-state index contributed by atoms with van der Waals surface area (Å²) in [7, 11) is 0. The van der Waals surface area contributed by atoms with E-state index in [9.17, 15) is 19.2 Å². The number of nitrogens with zero attached hydrogens (tertiary/aromatic N) is 1. The number of nitrogens with one attached hydrogen (secondary N) is 2. The maximum atomic E-state index is 12.6. The van der Waals surface area contributed by atoms with Crippen LogP contribution in [0.3, 0.4) is 0 Å². The minimum Gasteiger partial charge on any atom is -0.481 e. The number of carbonyl (C=O) groups excluding carboxylic acids is 2. The molecule has 6 N–H and O–H groups in total. The van der Waals surface area contributed by atoms with Crippen molar-refractivity contribution in [1.29, 1.82) is 5.41 Å². The lowest BCUT2D eigenvalue weighted by Crippen LogP contribution is -2.47. The van der Waals surface area contributed by atoms with Crippen molar-refractivity contribution in [2.75, 3.05) is 13.1 Å². The minimum atomic E-state index is -0.855. The Hall–Kier alpha value is -4.45. The van der Waals surface area contributed by atoms with Gasteiger partial charge in [0.05, 0.1) is 0 Å². The average Bonchev–Trinajstić information content (AvgIpc) is 2.99. The van der Waals surface area contributed by atoms with Crippen LogP contribution in [0.25, 0.3) is 0 Å². The van der Waals surface area contributed by atoms with Gasteiger partial charge in [0.2, 0.25) is 5.96 Å². The van der Waals surface area contributed by atoms with Crippen LogP contribution in [-0.4, -0.2) is 58.3 Å². The quantitative estimate of drug-likeness (QED) is 0.0885. The molecule has 0 atom stereocenters. The molecule has 2 rings (SSSR count). The molecule has 0 unspecified atom stereocenters. The van der Waals surface area contributed by atoms with Crippen LogP contribution in [0.15, 0.2) is 60.7 Å². The molecular weight excluding hydrogens is 556 g/mol. The molecule has 0 aliphatic rings. The molecule has 0 spiro atoms. The van der Waals surface area contributed by atoms with Crippen LogP contribution < -0.4 is 11.1 Å². The Balaban J connectivity index is 0.000000790. The van der Waals surface area contributed by atoms with Crippen LogP contribution in [-0.2, 0) is 32.3 Å². The molecule has 0 fully saturated rings. The van der Waals surface area contributed by atoms with Crippen molar-refractivity contribution < 1.29 is 38.9 Å². The van der Waals surface area contributed by atoms with E-state index < -0.39 is 30.1 Å². The van der Waals surface area contributed by atoms with E-state index >= 15 is 0 Å². The molecule has 0 saturated heterocycles. The number of carboxylic acid groups (broad SMARTS) is 2. The van der Waals surface area contributed by atoms with E-state index in [-0.39, 0.29) is 26.2 Å². The molecule has 0 aliphatic carbocycles. The average molecular weight is 601 g/mol. The van der Waals surface area contributed by atoms with E-state index in [2.05, 4.69) is 5.32 Å². The molecule has 0 bridgehead atoms. The Bertz CT molecular complexity index is 1100. The summed E-state index contributed by atoms with van der Waals surface area (Å²) in [5, 5.41) is 27.4. The summed E-state index contributed by atoms with van der Waals surface area (Å²) >= 11 is 0. The third-order valence-corrected chi connectivity index (χ3v) is 6.00. The highest BCUT2D eigenvalue weighted by Crippen LogP contribution is 2.08. The molecule has 236 valence electrons. The second-order valence-electron chi connectivity index (χ2n) is 9.63. The summed E-state index contributed by atoms with van der Waals surface area (Å²) in [6, 6.07) is 18.2. The fraction of sp³-hybridized carbons (Fsp3) is 0.452. The largest absolute Gasteiger partial charge is 0.481 e. The van der Waals surface area contributed by atoms with Crippen LogP contribution in [0.5, 0.6) is 0 Å². The maximum Gasteiger partial charge on any atom is 0.416 e. The van der Waals surface area contributed by atoms with Gasteiger partial charge in [-0.2, -0.15) is 0 Å². The van der Waals surface area contributed by atoms with Gasteiger partial charge in [0, 0.05) is 19.4 Å². The zero-order chi connectivity index (χ0) is 31.7. The number of carboxylic acids is 2. The number of benzene rings is 2. The molecule has 2 amide bonds. The lowest BCUT2D eigenvalue weighted by molar-refractivity contribution is -0.138. The maximum absolute atomic E-state index is 12.6. The number of aliphatic carboxylic acids is 2. The van der Waals surface area contributed by atoms with Crippen molar-refractivity contribution in [2.24, 2.45) is 5.73 Å². The van der Waals surface area contributed by atoms with Gasteiger partial charge in [-0.3, -0.25) is 20.3 Å². The van der Waals surface area contributed by atoms with Crippen LogP contribution in [0.1, 0.15) is 75.3 Å². The van der Waals surface area contributed by atoms with Crippen LogP contribution >= 0.6 is 0 Å². The number of amides is 2. The highest BCUT2D eigenvalue weighted by atomic mass is 16.6. The standard InChI is InChI=1S/C24H29N3O6.C7H15NO2/c25-22(26-23(30)32-17-19-11-5-3-6-12-19)27(16-10-2-1-9-15-21(28)29)24(31)33-18-20-13-7-4-8-14-20;8-6-4-2-1-3-5-7(9)10/h3-8,11-14H,1-2,9-10,15-18H2,(H,28,29)(H2,25,26,30);1-6,8H2,(H,9,10). The second-order valence-corrected chi connectivity index (χ2v) is 9.63. The molecular formula is C31H44N4O8. The number of alkyl carbamates (subject to hydrolysis) is 1. The van der Waals surface area contributed by atoms with Gasteiger partial charge in [0.1, 0.15) is 13.2 Å². The van der Waals surface area contributed by atoms with Crippen molar-refractivity contribution in [2.45, 2.75) is 77.4 Å². The molecule has 0 radical (unpaired) electrons. The lowest BCUT2D eigenvalue weighted by atomic mass is 10.1. The van der Waals surface area contributed by atoms with Gasteiger partial charge in [0.15, 0.2) is 0 Å². The lowest BCUT2D eigenvalue weighted by Gasteiger charge is -2.22. The van der Waals surface area contributed by atoms with Crippen LogP contribution in [0.4, 0.5) is 9.59 Å². The van der Waals surface area contributed by atoms with Crippen molar-refractivity contribution in [1.82, 2.24) is 10.2 Å². The summed E-state index contributed by atoms with van der Waals surface area (Å²) in [5.41, 5.74) is 6.84. The molecule has 12 heteroatoms. The van der Waals surface area contributed by atoms with E-state index in [0.717, 1.165) is 41.7 Å². The molecule has 2 aromatic rings. The van der Waals surface area contributed by atoms with Crippen molar-refractivity contribution in [3.8, 4) is 0 Å². The number of unbranched alkanes of at least 4 members (excludes halogenated alkanes) is 6. The number of ether oxygens (including phenoxy) is 2. The van der Waals surface area contributed by atoms with E-state index in [1.54, 1.807) is 12.1 Å². The van der Waals surface area contributed by atoms with Crippen LogP contribution in [0, 0.1) is 5.41 Å². The van der Waals surface area contributed by atoms with Crippen molar-refractivity contribution in [3.05, 3.63) is 71.8 Å². The molecule has 0 aliphatic heterocycles. The Kier molecular flexibility index (Phi) is 19.7. The first-order valence-electron chi connectivity index (χ1n) is 14.4. The third kappa shape index (κ3) is 19.3. The number of rotatable bonds is 17. The van der Waals surface area contributed by atoms with Gasteiger partial charge in [-0.25, -0.2) is 14.5 Å². The fourth-order valence-electron chi connectivity index (χ4n) is 3.69. The second kappa shape index (κ2) is 23.1. The monoisotopic (exact) mass is 600 g/mol. The van der Waals surface area contributed by atoms with Crippen LogP contribution in [0.2, 0.25) is 0 Å². The SMILES string of the molecule is N=C(NC(=O)OCc1ccccc1)N(CCCCCCC(=O)O)C(=O)OCc1ccccc1.NCCCCCCC(=O)O. The summed E-state index contributed by atoms with van der Waals surface area (Å²) in [6.07, 6.45) is 5.02. The number of hydrogen-bond donors (Lipinski definition) is 5. The molecule has 2 aromatic carbocycles. The summed E-state index contributed by atoms with van der Waals surface area (Å²) < 4.78 is 10.4. The van der Waals surface area contributed by atoms with Gasteiger partial charge in [-0.1, -0.05) is 86.3 Å².